The lowest BCUT2D eigenvalue weighted by Gasteiger charge is -1.88. The van der Waals surface area contributed by atoms with E-state index in [0.29, 0.717) is 0 Å². The molecule has 2 atom stereocenters. The average molecular weight is 146 g/mol. The predicted octanol–water partition coefficient (Wildman–Crippen LogP) is 2.54. The minimum absolute atomic E-state index is 1.23. The van der Waals surface area contributed by atoms with E-state index in [9.17, 15) is 0 Å². The Morgan fingerprint density at radius 3 is 2.00 bits per heavy atom. The second-order valence-electron chi connectivity index (χ2n) is 1.68. The van der Waals surface area contributed by atoms with E-state index < -0.39 is 0 Å². The standard InChI is InChI=1S/C6H12P2/c1-3-6(8)4-5(2)7/h3-4H,7-8H2,1-2H3. The summed E-state index contributed by atoms with van der Waals surface area (Å²) in [6, 6.07) is 0. The summed E-state index contributed by atoms with van der Waals surface area (Å²) in [4.78, 5) is 0. The van der Waals surface area contributed by atoms with E-state index >= 15 is 0 Å². The third-order valence-electron chi connectivity index (χ3n) is 0.728. The molecular formula is C6H12P2. The maximum Gasteiger partial charge on any atom is -0.0342 e. The predicted molar refractivity (Wildman–Crippen MR) is 46.9 cm³/mol. The van der Waals surface area contributed by atoms with Crippen molar-refractivity contribution in [2.75, 3.05) is 0 Å². The Hall–Kier alpha value is 0.340. The lowest BCUT2D eigenvalue weighted by atomic mass is 10.4. The molecule has 0 aliphatic rings. The number of hydrogen-bond acceptors (Lipinski definition) is 0. The molecule has 0 nitrogen and oxygen atoms in total. The van der Waals surface area contributed by atoms with Crippen molar-refractivity contribution >= 4 is 18.5 Å². The monoisotopic (exact) mass is 146 g/mol. The largest absolute Gasteiger partial charge is 0.110 e. The second-order valence-corrected chi connectivity index (χ2v) is 3.25. The van der Waals surface area contributed by atoms with Crippen molar-refractivity contribution in [1.82, 2.24) is 0 Å². The number of rotatable bonds is 1. The van der Waals surface area contributed by atoms with Gasteiger partial charge in [-0.05, 0) is 19.2 Å². The van der Waals surface area contributed by atoms with Crippen LogP contribution < -0.4 is 0 Å². The lowest BCUT2D eigenvalue weighted by molar-refractivity contribution is 1.63. The summed E-state index contributed by atoms with van der Waals surface area (Å²) in [6.07, 6.45) is 4.15. The molecule has 0 aromatic carbocycles. The van der Waals surface area contributed by atoms with Crippen LogP contribution in [0.4, 0.5) is 0 Å². The van der Waals surface area contributed by atoms with Gasteiger partial charge in [-0.2, -0.15) is 0 Å². The molecule has 0 radical (unpaired) electrons. The Labute approximate surface area is 55.8 Å². The molecule has 0 bridgehead atoms. The highest BCUT2D eigenvalue weighted by molar-refractivity contribution is 7.24. The first kappa shape index (κ1) is 8.34. The van der Waals surface area contributed by atoms with Crippen LogP contribution in [0.25, 0.3) is 0 Å². The van der Waals surface area contributed by atoms with Gasteiger partial charge >= 0.3 is 0 Å². The molecular weight excluding hydrogens is 134 g/mol. The van der Waals surface area contributed by atoms with E-state index in [1.807, 2.05) is 6.92 Å². The van der Waals surface area contributed by atoms with Crippen LogP contribution in [0.1, 0.15) is 13.8 Å². The highest BCUT2D eigenvalue weighted by Gasteiger charge is 1.77. The molecule has 0 spiro atoms. The third-order valence-corrected chi connectivity index (χ3v) is 1.39. The molecule has 46 valence electrons. The van der Waals surface area contributed by atoms with E-state index in [1.54, 1.807) is 0 Å². The van der Waals surface area contributed by atoms with Crippen molar-refractivity contribution in [2.24, 2.45) is 0 Å². The minimum Gasteiger partial charge on any atom is -0.110 e. The number of allylic oxidation sites excluding steroid dienone is 4. The summed E-state index contributed by atoms with van der Waals surface area (Å²) in [7, 11) is 5.29. The molecule has 0 aliphatic heterocycles. The third kappa shape index (κ3) is 4.50. The van der Waals surface area contributed by atoms with E-state index in [2.05, 4.69) is 37.6 Å². The van der Waals surface area contributed by atoms with Crippen LogP contribution in [0.2, 0.25) is 0 Å². The Bertz CT molecular complexity index is 118. The van der Waals surface area contributed by atoms with Crippen molar-refractivity contribution < 1.29 is 0 Å². The molecule has 0 aliphatic carbocycles. The molecule has 0 fully saturated rings. The average Bonchev–Trinajstić information content (AvgIpc) is 1.65. The number of hydrogen-bond donors (Lipinski definition) is 0. The maximum absolute atomic E-state index is 2.65. The van der Waals surface area contributed by atoms with Crippen LogP contribution in [0.15, 0.2) is 22.8 Å². The van der Waals surface area contributed by atoms with Gasteiger partial charge in [0.2, 0.25) is 0 Å². The van der Waals surface area contributed by atoms with Crippen molar-refractivity contribution in [1.29, 1.82) is 0 Å². The van der Waals surface area contributed by atoms with Gasteiger partial charge < -0.3 is 0 Å². The molecule has 0 N–H and O–H groups in total. The summed E-state index contributed by atoms with van der Waals surface area (Å²) in [5.74, 6) is 0. The van der Waals surface area contributed by atoms with Crippen LogP contribution in [0, 0.1) is 0 Å². The van der Waals surface area contributed by atoms with Gasteiger partial charge in [-0.15, -0.1) is 18.5 Å². The summed E-state index contributed by atoms with van der Waals surface area (Å²) >= 11 is 0. The van der Waals surface area contributed by atoms with E-state index in [0.717, 1.165) is 0 Å². The second kappa shape index (κ2) is 4.24. The van der Waals surface area contributed by atoms with Crippen LogP contribution in [0.3, 0.4) is 0 Å². The molecule has 2 heteroatoms. The van der Waals surface area contributed by atoms with Gasteiger partial charge in [-0.3, -0.25) is 0 Å². The van der Waals surface area contributed by atoms with Crippen molar-refractivity contribution in [2.45, 2.75) is 13.8 Å². The van der Waals surface area contributed by atoms with E-state index in [1.165, 1.54) is 10.6 Å². The quantitative estimate of drug-likeness (QED) is 0.394. The van der Waals surface area contributed by atoms with Crippen LogP contribution in [-0.2, 0) is 0 Å². The Morgan fingerprint density at radius 1 is 1.38 bits per heavy atom. The summed E-state index contributed by atoms with van der Waals surface area (Å²) in [5, 5.41) is 2.49. The summed E-state index contributed by atoms with van der Waals surface area (Å²) in [5.41, 5.74) is 0. The van der Waals surface area contributed by atoms with E-state index in [-0.39, 0.29) is 0 Å². The van der Waals surface area contributed by atoms with Gasteiger partial charge in [-0.1, -0.05) is 17.5 Å². The van der Waals surface area contributed by atoms with Gasteiger partial charge in [0.25, 0.3) is 0 Å². The summed E-state index contributed by atoms with van der Waals surface area (Å²) < 4.78 is 0. The first-order chi connectivity index (χ1) is 3.66. The van der Waals surface area contributed by atoms with Crippen LogP contribution in [0.5, 0.6) is 0 Å². The van der Waals surface area contributed by atoms with Crippen molar-refractivity contribution in [3.8, 4) is 0 Å². The molecule has 0 saturated heterocycles. The molecule has 0 saturated carbocycles. The van der Waals surface area contributed by atoms with Gasteiger partial charge in [0, 0.05) is 0 Å². The van der Waals surface area contributed by atoms with Gasteiger partial charge in [-0.25, -0.2) is 0 Å². The van der Waals surface area contributed by atoms with Crippen LogP contribution in [-0.4, -0.2) is 0 Å². The fourth-order valence-electron chi connectivity index (χ4n) is 0.346. The molecule has 0 rings (SSSR count). The zero-order chi connectivity index (χ0) is 6.57. The molecule has 0 aromatic rings. The van der Waals surface area contributed by atoms with Crippen molar-refractivity contribution in [3.05, 3.63) is 22.8 Å². The minimum atomic E-state index is 1.23. The fraction of sp³-hybridized carbons (Fsp3) is 0.333. The highest BCUT2D eigenvalue weighted by atomic mass is 31.0. The van der Waals surface area contributed by atoms with Gasteiger partial charge in [0.15, 0.2) is 0 Å². The molecule has 2 unspecified atom stereocenters. The molecule has 0 heterocycles. The fourth-order valence-corrected chi connectivity index (χ4v) is 0.994. The lowest BCUT2D eigenvalue weighted by Crippen LogP contribution is -1.59. The van der Waals surface area contributed by atoms with Gasteiger partial charge in [0.1, 0.15) is 0 Å². The SMILES string of the molecule is CC=C(P)C=C(C)P. The first-order valence-corrected chi connectivity index (χ1v) is 3.68. The molecule has 0 amide bonds. The zero-order valence-electron chi connectivity index (χ0n) is 5.31. The zero-order valence-corrected chi connectivity index (χ0v) is 7.62. The smallest absolute Gasteiger partial charge is 0.0342 e. The van der Waals surface area contributed by atoms with Crippen LogP contribution >= 0.6 is 18.5 Å². The highest BCUT2D eigenvalue weighted by Crippen LogP contribution is 2.12. The van der Waals surface area contributed by atoms with Gasteiger partial charge in [0.05, 0.1) is 0 Å². The normalized spacial score (nSPS) is 14.5. The molecule has 0 aromatic heterocycles. The molecule has 8 heavy (non-hydrogen) atoms. The Balaban J connectivity index is 3.89. The topological polar surface area (TPSA) is 0 Å². The Morgan fingerprint density at radius 2 is 1.88 bits per heavy atom. The summed E-state index contributed by atoms with van der Waals surface area (Å²) in [6.45, 7) is 4.07. The first-order valence-electron chi connectivity index (χ1n) is 2.52. The van der Waals surface area contributed by atoms with Crippen molar-refractivity contribution in [3.63, 3.8) is 0 Å². The van der Waals surface area contributed by atoms with E-state index in [4.69, 9.17) is 0 Å². The maximum atomic E-state index is 2.65. The Kier molecular flexibility index (Phi) is 4.42.